The number of esters is 1. The Kier molecular flexibility index (Phi) is 7.96. The zero-order valence-corrected chi connectivity index (χ0v) is 16.1. The Bertz CT molecular complexity index is 781. The van der Waals surface area contributed by atoms with Gasteiger partial charge in [0.2, 0.25) is 0 Å². The van der Waals surface area contributed by atoms with Crippen LogP contribution in [0.15, 0.2) is 18.2 Å². The molecular formula is C17H20ClN3O6. The number of carbonyl (C=O) groups excluding carboxylic acids is 3. The first-order valence-electron chi connectivity index (χ1n) is 7.92. The van der Waals surface area contributed by atoms with E-state index in [9.17, 15) is 14.4 Å². The number of nitrogens with zero attached hydrogens (tertiary/aromatic N) is 2. The maximum Gasteiger partial charge on any atom is 0.445 e. The summed E-state index contributed by atoms with van der Waals surface area (Å²) in [5, 5.41) is 2.77. The van der Waals surface area contributed by atoms with Gasteiger partial charge in [-0.1, -0.05) is 11.6 Å². The van der Waals surface area contributed by atoms with Gasteiger partial charge in [-0.15, -0.1) is 0 Å². The normalized spacial score (nSPS) is 10.4. The number of carbonyl (C=O) groups is 3. The molecule has 0 aliphatic heterocycles. The zero-order chi connectivity index (χ0) is 20.6. The summed E-state index contributed by atoms with van der Waals surface area (Å²) in [6, 6.07) is 4.30. The molecule has 1 N–H and O–H groups in total. The third-order valence-electron chi connectivity index (χ3n) is 2.77. The first-order chi connectivity index (χ1) is 12.6. The van der Waals surface area contributed by atoms with Gasteiger partial charge >= 0.3 is 17.8 Å². The number of nitrogens with one attached hydrogen (secondary N) is 1. The van der Waals surface area contributed by atoms with Crippen LogP contribution in [0.2, 0.25) is 5.02 Å². The summed E-state index contributed by atoms with van der Waals surface area (Å²) < 4.78 is 15.1. The molecule has 0 saturated heterocycles. The molecule has 1 aromatic rings. The number of halogens is 1. The molecule has 0 aliphatic carbocycles. The minimum atomic E-state index is -1.07. The molecule has 0 radical (unpaired) electrons. The molecule has 0 spiro atoms. The average Bonchev–Trinajstić information content (AvgIpc) is 2.53. The lowest BCUT2D eigenvalue weighted by atomic mass is 10.2. The fourth-order valence-electron chi connectivity index (χ4n) is 1.76. The van der Waals surface area contributed by atoms with Gasteiger partial charge in [-0.25, -0.2) is 9.59 Å². The van der Waals surface area contributed by atoms with Crippen molar-refractivity contribution in [1.82, 2.24) is 0 Å². The van der Waals surface area contributed by atoms with Gasteiger partial charge in [-0.2, -0.15) is 4.79 Å². The van der Waals surface area contributed by atoms with E-state index in [1.54, 1.807) is 20.8 Å². The Morgan fingerprint density at radius 2 is 1.93 bits per heavy atom. The maximum atomic E-state index is 12.0. The van der Waals surface area contributed by atoms with Gasteiger partial charge in [-0.3, -0.25) is 10.1 Å². The van der Waals surface area contributed by atoms with Crippen molar-refractivity contribution in [2.75, 3.05) is 18.5 Å². The van der Waals surface area contributed by atoms with Crippen LogP contribution in [0.25, 0.3) is 5.53 Å². The molecule has 10 heteroatoms. The van der Waals surface area contributed by atoms with Crippen LogP contribution >= 0.6 is 11.6 Å². The van der Waals surface area contributed by atoms with Gasteiger partial charge in [-0.05, 0) is 45.9 Å². The standard InChI is InChI=1S/C17H20ClN3O6/c1-5-25-15(23)14(21-19)12(22)9-26-13-7-6-10(18)8-11(13)20-16(24)27-17(2,3)4/h6-8H,5,9H2,1-4H3,(H,20,24). The molecule has 0 unspecified atom stereocenters. The molecule has 0 atom stereocenters. The van der Waals surface area contributed by atoms with Crippen molar-refractivity contribution in [3.63, 3.8) is 0 Å². The van der Waals surface area contributed by atoms with Crippen molar-refractivity contribution in [2.45, 2.75) is 33.3 Å². The summed E-state index contributed by atoms with van der Waals surface area (Å²) in [5.74, 6) is -1.88. The summed E-state index contributed by atoms with van der Waals surface area (Å²) in [7, 11) is 0. The number of ether oxygens (including phenoxy) is 3. The van der Waals surface area contributed by atoms with E-state index >= 15 is 0 Å². The van der Waals surface area contributed by atoms with E-state index in [2.05, 4.69) is 14.8 Å². The summed E-state index contributed by atoms with van der Waals surface area (Å²) in [6.45, 7) is 6.01. The molecular weight excluding hydrogens is 378 g/mol. The lowest BCUT2D eigenvalue weighted by Gasteiger charge is -2.20. The molecule has 1 aromatic carbocycles. The molecule has 9 nitrogen and oxygen atoms in total. The van der Waals surface area contributed by atoms with E-state index in [1.165, 1.54) is 25.1 Å². The number of ketones is 1. The van der Waals surface area contributed by atoms with Crippen molar-refractivity contribution in [3.8, 4) is 5.75 Å². The molecule has 0 aromatic heterocycles. The molecule has 0 heterocycles. The Labute approximate surface area is 161 Å². The van der Waals surface area contributed by atoms with Crippen LogP contribution in [0.3, 0.4) is 0 Å². The fourth-order valence-corrected chi connectivity index (χ4v) is 1.93. The molecule has 0 fully saturated rings. The van der Waals surface area contributed by atoms with Crippen molar-refractivity contribution < 1.29 is 33.4 Å². The first-order valence-corrected chi connectivity index (χ1v) is 8.30. The number of hydrogen-bond acceptors (Lipinski definition) is 6. The molecule has 0 bridgehead atoms. The molecule has 27 heavy (non-hydrogen) atoms. The van der Waals surface area contributed by atoms with Crippen LogP contribution in [0, 0.1) is 0 Å². The second kappa shape index (κ2) is 9.70. The monoisotopic (exact) mass is 397 g/mol. The van der Waals surface area contributed by atoms with Crippen molar-refractivity contribution in [1.29, 1.82) is 0 Å². The second-order valence-corrected chi connectivity index (χ2v) is 6.58. The average molecular weight is 398 g/mol. The van der Waals surface area contributed by atoms with Gasteiger partial charge in [0.05, 0.1) is 12.3 Å². The highest BCUT2D eigenvalue weighted by molar-refractivity contribution is 6.62. The van der Waals surface area contributed by atoms with Crippen LogP contribution in [0.1, 0.15) is 27.7 Å². The zero-order valence-electron chi connectivity index (χ0n) is 15.4. The Hall–Kier alpha value is -2.90. The van der Waals surface area contributed by atoms with Gasteiger partial charge < -0.3 is 19.7 Å². The van der Waals surface area contributed by atoms with Crippen LogP contribution in [-0.2, 0) is 19.1 Å². The Morgan fingerprint density at radius 3 is 2.48 bits per heavy atom. The van der Waals surface area contributed by atoms with Crippen LogP contribution in [0.5, 0.6) is 5.75 Å². The molecule has 0 saturated carbocycles. The summed E-state index contributed by atoms with van der Waals surface area (Å²) in [5.41, 5.74) is 7.47. The van der Waals surface area contributed by atoms with E-state index in [0.717, 1.165) is 0 Å². The third kappa shape index (κ3) is 7.47. The lowest BCUT2D eigenvalue weighted by Crippen LogP contribution is -2.31. The minimum absolute atomic E-state index is 0.00707. The van der Waals surface area contributed by atoms with Gasteiger partial charge in [0.1, 0.15) is 11.4 Å². The van der Waals surface area contributed by atoms with Crippen molar-refractivity contribution >= 4 is 40.8 Å². The van der Waals surface area contributed by atoms with Crippen LogP contribution in [0.4, 0.5) is 10.5 Å². The summed E-state index contributed by atoms with van der Waals surface area (Å²) in [6.07, 6.45) is -0.745. The Balaban J connectivity index is 2.89. The number of Topliss-reactive ketones (excluding diaryl/α,β-unsaturated/α-hetero) is 1. The number of amides is 1. The summed E-state index contributed by atoms with van der Waals surface area (Å²) in [4.78, 5) is 38.1. The van der Waals surface area contributed by atoms with Gasteiger partial charge in [0.15, 0.2) is 6.61 Å². The largest absolute Gasteiger partial charge is 0.483 e. The number of rotatable bonds is 7. The van der Waals surface area contributed by atoms with Crippen LogP contribution in [-0.4, -0.2) is 47.2 Å². The molecule has 0 aliphatic rings. The highest BCUT2D eigenvalue weighted by Crippen LogP contribution is 2.28. The smallest absolute Gasteiger partial charge is 0.445 e. The second-order valence-electron chi connectivity index (χ2n) is 6.15. The molecule has 1 amide bonds. The van der Waals surface area contributed by atoms with Crippen molar-refractivity contribution in [2.24, 2.45) is 0 Å². The van der Waals surface area contributed by atoms with E-state index in [0.29, 0.717) is 5.02 Å². The molecule has 146 valence electrons. The SMILES string of the molecule is CCOC(=O)C(=[N+]=[N-])C(=O)COc1ccc(Cl)cc1NC(=O)OC(C)(C)C. The minimum Gasteiger partial charge on any atom is -0.483 e. The fraction of sp³-hybridized carbons (Fsp3) is 0.412. The molecule has 1 rings (SSSR count). The van der Waals surface area contributed by atoms with Crippen LogP contribution < -0.4 is 10.1 Å². The van der Waals surface area contributed by atoms with E-state index in [4.69, 9.17) is 26.6 Å². The topological polar surface area (TPSA) is 127 Å². The van der Waals surface area contributed by atoms with E-state index in [-0.39, 0.29) is 18.0 Å². The maximum absolute atomic E-state index is 12.0. The van der Waals surface area contributed by atoms with Crippen molar-refractivity contribution in [3.05, 3.63) is 28.8 Å². The number of anilines is 1. The predicted octanol–water partition coefficient (Wildman–Crippen LogP) is 2.87. The Morgan fingerprint density at radius 1 is 1.26 bits per heavy atom. The quantitative estimate of drug-likeness (QED) is 0.248. The lowest BCUT2D eigenvalue weighted by molar-refractivity contribution is -0.142. The van der Waals surface area contributed by atoms with E-state index < -0.39 is 35.8 Å². The summed E-state index contributed by atoms with van der Waals surface area (Å²) >= 11 is 5.92. The first kappa shape index (κ1) is 22.1. The third-order valence-corrected chi connectivity index (χ3v) is 3.00. The highest BCUT2D eigenvalue weighted by atomic mass is 35.5. The predicted molar refractivity (Wildman–Crippen MR) is 97.1 cm³/mol. The van der Waals surface area contributed by atoms with Gasteiger partial charge in [0, 0.05) is 5.02 Å². The number of benzene rings is 1. The number of hydrogen-bond donors (Lipinski definition) is 1. The highest BCUT2D eigenvalue weighted by Gasteiger charge is 2.31. The van der Waals surface area contributed by atoms with Gasteiger partial charge in [0.25, 0.3) is 5.78 Å². The van der Waals surface area contributed by atoms with E-state index in [1.807, 2.05) is 0 Å².